The number of benzene rings is 2. The van der Waals surface area contributed by atoms with E-state index >= 15 is 0 Å². The number of halogens is 3. The summed E-state index contributed by atoms with van der Waals surface area (Å²) in [6.07, 6.45) is 2.30. The van der Waals surface area contributed by atoms with Crippen molar-refractivity contribution in [1.82, 2.24) is 20.0 Å². The molecule has 0 amide bonds. The third-order valence-electron chi connectivity index (χ3n) is 5.00. The van der Waals surface area contributed by atoms with Gasteiger partial charge in [-0.15, -0.1) is 29.6 Å². The van der Waals surface area contributed by atoms with E-state index in [0.29, 0.717) is 26.4 Å². The van der Waals surface area contributed by atoms with Gasteiger partial charge in [0.05, 0.1) is 31.6 Å². The first-order valence-electron chi connectivity index (χ1n) is 11.0. The minimum atomic E-state index is -4.70. The Morgan fingerprint density at radius 2 is 1.83 bits per heavy atom. The molecule has 0 aliphatic rings. The molecule has 7 nitrogen and oxygen atoms in total. The maximum Gasteiger partial charge on any atom is 0.573 e. The summed E-state index contributed by atoms with van der Waals surface area (Å²) < 4.78 is 54.0. The topological polar surface area (TPSA) is 71.3 Å². The van der Waals surface area contributed by atoms with Crippen LogP contribution in [0.15, 0.2) is 60.2 Å². The molecule has 0 N–H and O–H groups in total. The molecule has 2 heterocycles. The summed E-state index contributed by atoms with van der Waals surface area (Å²) in [5.74, 6) is 0.484. The number of thiazole rings is 1. The van der Waals surface area contributed by atoms with Crippen molar-refractivity contribution >= 4 is 23.5 Å². The van der Waals surface area contributed by atoms with Gasteiger partial charge in [0.15, 0.2) is 0 Å². The minimum Gasteiger partial charge on any atom is -0.487 e. The Bertz CT molecular complexity index is 1270. The van der Waals surface area contributed by atoms with Crippen molar-refractivity contribution in [1.29, 1.82) is 0 Å². The van der Waals surface area contributed by atoms with Crippen LogP contribution in [0.4, 0.5) is 13.2 Å². The number of ether oxygens (including phenoxy) is 3. The lowest BCUT2D eigenvalue weighted by atomic mass is 10.1. The molecule has 0 fully saturated rings. The van der Waals surface area contributed by atoms with Gasteiger partial charge in [0.1, 0.15) is 23.1 Å². The molecule has 0 spiro atoms. The Morgan fingerprint density at radius 1 is 1.03 bits per heavy atom. The smallest absolute Gasteiger partial charge is 0.487 e. The van der Waals surface area contributed by atoms with Crippen LogP contribution < -0.4 is 9.47 Å². The van der Waals surface area contributed by atoms with Crippen LogP contribution in [-0.2, 0) is 24.5 Å². The lowest BCUT2D eigenvalue weighted by molar-refractivity contribution is -0.274. The van der Waals surface area contributed by atoms with Crippen molar-refractivity contribution < 1.29 is 27.4 Å². The molecule has 0 bridgehead atoms. The zero-order valence-corrected chi connectivity index (χ0v) is 20.1. The first kappa shape index (κ1) is 25.4. The maximum absolute atomic E-state index is 12.3. The summed E-state index contributed by atoms with van der Waals surface area (Å²) in [4.78, 5) is 4.52. The molecule has 0 radical (unpaired) electrons. The van der Waals surface area contributed by atoms with Gasteiger partial charge in [0.25, 0.3) is 0 Å². The highest BCUT2D eigenvalue weighted by Gasteiger charge is 2.30. The van der Waals surface area contributed by atoms with Gasteiger partial charge in [-0.3, -0.25) is 4.68 Å². The molecule has 0 aliphatic carbocycles. The van der Waals surface area contributed by atoms with Crippen LogP contribution in [0.5, 0.6) is 11.5 Å². The van der Waals surface area contributed by atoms with Gasteiger partial charge in [-0.1, -0.05) is 29.5 Å². The predicted octanol–water partition coefficient (Wildman–Crippen LogP) is 5.91. The van der Waals surface area contributed by atoms with E-state index in [1.165, 1.54) is 23.5 Å². The van der Waals surface area contributed by atoms with Crippen molar-refractivity contribution in [2.75, 3.05) is 6.61 Å². The highest BCUT2D eigenvalue weighted by atomic mass is 32.1. The highest BCUT2D eigenvalue weighted by molar-refractivity contribution is 7.10. The van der Waals surface area contributed by atoms with Crippen molar-refractivity contribution in [3.05, 3.63) is 87.6 Å². The average molecular weight is 517 g/mol. The Hall–Kier alpha value is -3.70. The van der Waals surface area contributed by atoms with E-state index in [4.69, 9.17) is 9.47 Å². The summed E-state index contributed by atoms with van der Waals surface area (Å²) in [7, 11) is 0. The summed E-state index contributed by atoms with van der Waals surface area (Å²) in [5.41, 5.74) is 3.67. The largest absolute Gasteiger partial charge is 0.573 e. The fourth-order valence-corrected chi connectivity index (χ4v) is 3.88. The molecule has 11 heteroatoms. The summed E-state index contributed by atoms with van der Waals surface area (Å²) >= 11 is 1.45. The molecule has 2 aromatic heterocycles. The van der Waals surface area contributed by atoms with E-state index in [1.807, 2.05) is 30.5 Å². The Kier molecular flexibility index (Phi) is 8.34. The van der Waals surface area contributed by atoms with Gasteiger partial charge in [0.2, 0.25) is 0 Å². The fourth-order valence-electron chi connectivity index (χ4n) is 3.18. The zero-order chi connectivity index (χ0) is 25.4. The molecule has 0 saturated heterocycles. The predicted molar refractivity (Wildman–Crippen MR) is 129 cm³/mol. The van der Waals surface area contributed by atoms with Gasteiger partial charge < -0.3 is 14.2 Å². The van der Waals surface area contributed by atoms with Gasteiger partial charge >= 0.3 is 6.36 Å². The number of alkyl halides is 3. The molecular formula is C25H23F3N4O3S. The van der Waals surface area contributed by atoms with E-state index in [1.54, 1.807) is 41.4 Å². The van der Waals surface area contributed by atoms with Crippen LogP contribution in [0.25, 0.3) is 12.2 Å². The average Bonchev–Trinajstić information content (AvgIpc) is 3.52. The maximum atomic E-state index is 12.3. The van der Waals surface area contributed by atoms with Crippen LogP contribution in [0, 0.1) is 6.92 Å². The van der Waals surface area contributed by atoms with E-state index in [2.05, 4.69) is 20.0 Å². The minimum absolute atomic E-state index is 0.257. The molecule has 0 saturated carbocycles. The Morgan fingerprint density at radius 3 is 2.56 bits per heavy atom. The molecule has 36 heavy (non-hydrogen) atoms. The number of hydrogen-bond acceptors (Lipinski definition) is 7. The third kappa shape index (κ3) is 7.92. The Labute approximate surface area is 209 Å². The molecule has 0 atom stereocenters. The second-order valence-corrected chi connectivity index (χ2v) is 8.61. The normalized spacial score (nSPS) is 11.8. The first-order valence-corrected chi connectivity index (χ1v) is 11.8. The number of rotatable bonds is 11. The fraction of sp³-hybridized carbons (Fsp3) is 0.240. The Balaban J connectivity index is 1.23. The third-order valence-corrected chi connectivity index (χ3v) is 5.86. The van der Waals surface area contributed by atoms with Gasteiger partial charge in [-0.05, 0) is 54.0 Å². The van der Waals surface area contributed by atoms with Gasteiger partial charge in [0, 0.05) is 11.6 Å². The van der Waals surface area contributed by atoms with E-state index < -0.39 is 6.36 Å². The number of hydrogen-bond donors (Lipinski definition) is 0. The van der Waals surface area contributed by atoms with E-state index in [-0.39, 0.29) is 5.75 Å². The number of aryl methyl sites for hydroxylation is 1. The molecule has 188 valence electrons. The second kappa shape index (κ2) is 11.8. The quantitative estimate of drug-likeness (QED) is 0.231. The standard InChI is InChI=1S/C25H23F3N4O3S/c1-18-14-23(8-5-20(18)15-33-13-12-32-11-10-29-31-32)34-16-21-17-36-24(30-21)9-4-19-2-6-22(7-3-19)35-25(26,27)28/h2-11,14,17H,12-13,15-16H2,1H3. The van der Waals surface area contributed by atoms with Gasteiger partial charge in [-0.25, -0.2) is 4.98 Å². The lowest BCUT2D eigenvalue weighted by Crippen LogP contribution is -2.16. The summed E-state index contributed by atoms with van der Waals surface area (Å²) in [5, 5.41) is 10.3. The first-order chi connectivity index (χ1) is 17.3. The molecule has 4 rings (SSSR count). The molecule has 2 aromatic carbocycles. The summed E-state index contributed by atoms with van der Waals surface area (Å²) in [6.45, 7) is 4.02. The SMILES string of the molecule is Cc1cc(OCc2csc(C=Cc3ccc(OC(F)(F)F)cc3)n2)ccc1COCCn1ccnn1. The second-order valence-electron chi connectivity index (χ2n) is 7.72. The number of nitrogens with zero attached hydrogens (tertiary/aromatic N) is 4. The van der Waals surface area contributed by atoms with E-state index in [0.717, 1.165) is 33.1 Å². The van der Waals surface area contributed by atoms with Crippen molar-refractivity contribution in [3.8, 4) is 11.5 Å². The zero-order valence-electron chi connectivity index (χ0n) is 19.3. The molecule has 0 aliphatic heterocycles. The molecule has 0 unspecified atom stereocenters. The van der Waals surface area contributed by atoms with Crippen molar-refractivity contribution in [2.24, 2.45) is 0 Å². The van der Waals surface area contributed by atoms with Gasteiger partial charge in [-0.2, -0.15) is 0 Å². The monoisotopic (exact) mass is 516 g/mol. The van der Waals surface area contributed by atoms with Crippen molar-refractivity contribution in [3.63, 3.8) is 0 Å². The van der Waals surface area contributed by atoms with Crippen LogP contribution in [0.2, 0.25) is 0 Å². The highest BCUT2D eigenvalue weighted by Crippen LogP contribution is 2.24. The van der Waals surface area contributed by atoms with Crippen LogP contribution in [0.1, 0.15) is 27.4 Å². The van der Waals surface area contributed by atoms with Crippen LogP contribution >= 0.6 is 11.3 Å². The van der Waals surface area contributed by atoms with E-state index in [9.17, 15) is 13.2 Å². The summed E-state index contributed by atoms with van der Waals surface area (Å²) in [6, 6.07) is 11.5. The van der Waals surface area contributed by atoms with Crippen LogP contribution in [-0.4, -0.2) is 32.9 Å². The van der Waals surface area contributed by atoms with Crippen molar-refractivity contribution in [2.45, 2.75) is 33.0 Å². The lowest BCUT2D eigenvalue weighted by Gasteiger charge is -2.10. The van der Waals surface area contributed by atoms with Crippen LogP contribution in [0.3, 0.4) is 0 Å². The molecular weight excluding hydrogens is 493 g/mol. The number of aromatic nitrogens is 4. The molecule has 4 aromatic rings.